The van der Waals surface area contributed by atoms with Crippen molar-refractivity contribution in [2.75, 3.05) is 5.73 Å². The molecule has 2 aromatic heterocycles. The molecule has 90 valence electrons. The summed E-state index contributed by atoms with van der Waals surface area (Å²) in [7, 11) is 0. The first-order chi connectivity index (χ1) is 8.08. The minimum absolute atomic E-state index is 0.178. The van der Waals surface area contributed by atoms with Crippen molar-refractivity contribution in [3.05, 3.63) is 11.6 Å². The number of anilines is 1. The summed E-state index contributed by atoms with van der Waals surface area (Å²) >= 11 is 5.84. The number of hydrogen-bond acceptors (Lipinski definition) is 4. The van der Waals surface area contributed by atoms with Crippen LogP contribution in [0.15, 0.2) is 6.33 Å². The Morgan fingerprint density at radius 3 is 2.82 bits per heavy atom. The maximum atomic E-state index is 5.84. The van der Waals surface area contributed by atoms with Crippen LogP contribution in [-0.2, 0) is 0 Å². The number of nitrogen functional groups attached to an aromatic ring is 1. The fourth-order valence-electron chi connectivity index (χ4n) is 2.51. The van der Waals surface area contributed by atoms with Gasteiger partial charge in [0.05, 0.1) is 6.33 Å². The van der Waals surface area contributed by atoms with Crippen LogP contribution in [0.2, 0.25) is 5.28 Å². The lowest BCUT2D eigenvalue weighted by molar-refractivity contribution is 0.114. The van der Waals surface area contributed by atoms with Crippen molar-refractivity contribution >= 4 is 28.6 Å². The lowest BCUT2D eigenvalue weighted by Crippen LogP contribution is -2.34. The van der Waals surface area contributed by atoms with Gasteiger partial charge < -0.3 is 10.3 Å². The lowest BCUT2D eigenvalue weighted by atomic mass is 9.71. The van der Waals surface area contributed by atoms with Crippen molar-refractivity contribution in [2.24, 2.45) is 11.8 Å². The molecule has 1 fully saturated rings. The highest BCUT2D eigenvalue weighted by atomic mass is 35.5. The molecule has 1 aliphatic rings. The first-order valence-electron chi connectivity index (χ1n) is 5.73. The molecule has 0 saturated heterocycles. The van der Waals surface area contributed by atoms with Crippen molar-refractivity contribution in [3.8, 4) is 0 Å². The molecular weight excluding hydrogens is 238 g/mol. The van der Waals surface area contributed by atoms with Gasteiger partial charge in [0.2, 0.25) is 5.28 Å². The second-order valence-corrected chi connectivity index (χ2v) is 5.18. The zero-order valence-corrected chi connectivity index (χ0v) is 10.5. The van der Waals surface area contributed by atoms with Crippen molar-refractivity contribution in [3.63, 3.8) is 0 Å². The normalized spacial score (nSPS) is 28.3. The molecule has 2 aromatic rings. The number of nitrogens with zero attached hydrogens (tertiary/aromatic N) is 4. The van der Waals surface area contributed by atoms with Gasteiger partial charge in [-0.3, -0.25) is 0 Å². The Morgan fingerprint density at radius 2 is 2.18 bits per heavy atom. The third-order valence-corrected chi connectivity index (χ3v) is 4.07. The van der Waals surface area contributed by atoms with Gasteiger partial charge in [0, 0.05) is 6.04 Å². The number of fused-ring (bicyclic) bond motifs is 1. The largest absolute Gasteiger partial charge is 0.382 e. The van der Waals surface area contributed by atoms with Crippen LogP contribution in [0, 0.1) is 11.8 Å². The monoisotopic (exact) mass is 251 g/mol. The average molecular weight is 252 g/mol. The van der Waals surface area contributed by atoms with Crippen molar-refractivity contribution in [1.82, 2.24) is 19.5 Å². The van der Waals surface area contributed by atoms with E-state index in [1.165, 1.54) is 0 Å². The molecular formula is C11H14ClN5. The van der Waals surface area contributed by atoms with E-state index in [1.54, 1.807) is 6.33 Å². The molecule has 1 aliphatic carbocycles. The molecule has 0 spiro atoms. The zero-order chi connectivity index (χ0) is 12.2. The van der Waals surface area contributed by atoms with E-state index in [4.69, 9.17) is 17.3 Å². The molecule has 6 heteroatoms. The molecule has 2 heterocycles. The summed E-state index contributed by atoms with van der Waals surface area (Å²) in [4.78, 5) is 12.4. The quantitative estimate of drug-likeness (QED) is 0.790. The molecule has 0 bridgehead atoms. The number of halogens is 1. The second-order valence-electron chi connectivity index (χ2n) is 4.84. The topological polar surface area (TPSA) is 69.6 Å². The van der Waals surface area contributed by atoms with Crippen LogP contribution in [0.25, 0.3) is 11.2 Å². The maximum absolute atomic E-state index is 5.84. The van der Waals surface area contributed by atoms with Crippen molar-refractivity contribution < 1.29 is 0 Å². The summed E-state index contributed by atoms with van der Waals surface area (Å²) in [5, 5.41) is 0.178. The molecule has 0 aliphatic heterocycles. The van der Waals surface area contributed by atoms with E-state index in [1.807, 2.05) is 0 Å². The first-order valence-corrected chi connectivity index (χ1v) is 6.11. The fraction of sp³-hybridized carbons (Fsp3) is 0.545. The van der Waals surface area contributed by atoms with Crippen LogP contribution in [0.5, 0.6) is 0 Å². The predicted octanol–water partition coefficient (Wildman–Crippen LogP) is 2.28. The third kappa shape index (κ3) is 1.49. The molecule has 5 nitrogen and oxygen atoms in total. The summed E-state index contributed by atoms with van der Waals surface area (Å²) in [6.07, 6.45) is 2.94. The average Bonchev–Trinajstić information content (AvgIpc) is 2.69. The number of imidazole rings is 1. The molecule has 3 atom stereocenters. The highest BCUT2D eigenvalue weighted by molar-refractivity contribution is 6.28. The predicted molar refractivity (Wildman–Crippen MR) is 66.7 cm³/mol. The Morgan fingerprint density at radius 1 is 1.41 bits per heavy atom. The van der Waals surface area contributed by atoms with E-state index < -0.39 is 0 Å². The Balaban J connectivity index is 2.12. The van der Waals surface area contributed by atoms with Gasteiger partial charge in [-0.05, 0) is 29.9 Å². The van der Waals surface area contributed by atoms with E-state index in [9.17, 15) is 0 Å². The SMILES string of the molecule is CC1CC(n2cnc3c(N)nc(Cl)nc32)C1C. The summed E-state index contributed by atoms with van der Waals surface area (Å²) in [5.74, 6) is 1.72. The highest BCUT2D eigenvalue weighted by Crippen LogP contribution is 2.44. The van der Waals surface area contributed by atoms with Gasteiger partial charge in [0.25, 0.3) is 0 Å². The number of rotatable bonds is 1. The van der Waals surface area contributed by atoms with E-state index in [2.05, 4.69) is 33.4 Å². The van der Waals surface area contributed by atoms with Crippen LogP contribution in [0.1, 0.15) is 26.3 Å². The highest BCUT2D eigenvalue weighted by Gasteiger charge is 2.36. The third-order valence-electron chi connectivity index (χ3n) is 3.90. The molecule has 0 aromatic carbocycles. The summed E-state index contributed by atoms with van der Waals surface area (Å²) in [6.45, 7) is 4.51. The smallest absolute Gasteiger partial charge is 0.226 e. The summed E-state index contributed by atoms with van der Waals surface area (Å²) in [5.41, 5.74) is 7.16. The summed E-state index contributed by atoms with van der Waals surface area (Å²) < 4.78 is 2.07. The van der Waals surface area contributed by atoms with Crippen LogP contribution in [0.3, 0.4) is 0 Å². The first kappa shape index (κ1) is 10.8. The van der Waals surface area contributed by atoms with Crippen molar-refractivity contribution in [2.45, 2.75) is 26.3 Å². The minimum atomic E-state index is 0.178. The Labute approximate surface area is 104 Å². The van der Waals surface area contributed by atoms with Crippen LogP contribution in [0.4, 0.5) is 5.82 Å². The zero-order valence-electron chi connectivity index (χ0n) is 9.76. The molecule has 0 amide bonds. The Hall–Kier alpha value is -1.36. The maximum Gasteiger partial charge on any atom is 0.226 e. The van der Waals surface area contributed by atoms with Gasteiger partial charge in [-0.1, -0.05) is 13.8 Å². The van der Waals surface area contributed by atoms with Crippen LogP contribution >= 0.6 is 11.6 Å². The fourth-order valence-corrected chi connectivity index (χ4v) is 2.69. The summed E-state index contributed by atoms with van der Waals surface area (Å²) in [6, 6.07) is 0.445. The number of aromatic nitrogens is 4. The Kier molecular flexibility index (Phi) is 2.26. The number of nitrogens with two attached hydrogens (primary N) is 1. The van der Waals surface area contributed by atoms with E-state index in [0.29, 0.717) is 23.3 Å². The van der Waals surface area contributed by atoms with Gasteiger partial charge in [-0.25, -0.2) is 4.98 Å². The van der Waals surface area contributed by atoms with Gasteiger partial charge in [0.15, 0.2) is 11.5 Å². The standard InChI is InChI=1S/C11H14ClN5/c1-5-3-7(6(5)2)17-4-14-8-9(13)15-11(12)16-10(8)17/h4-7H,3H2,1-2H3,(H2,13,15,16). The van der Waals surface area contributed by atoms with Crippen LogP contribution in [-0.4, -0.2) is 19.5 Å². The molecule has 17 heavy (non-hydrogen) atoms. The second kappa shape index (κ2) is 3.57. The molecule has 2 N–H and O–H groups in total. The minimum Gasteiger partial charge on any atom is -0.382 e. The van der Waals surface area contributed by atoms with Crippen LogP contribution < -0.4 is 5.73 Å². The van der Waals surface area contributed by atoms with E-state index in [0.717, 1.165) is 18.0 Å². The molecule has 0 radical (unpaired) electrons. The van der Waals surface area contributed by atoms with Gasteiger partial charge >= 0.3 is 0 Å². The number of hydrogen-bond donors (Lipinski definition) is 1. The van der Waals surface area contributed by atoms with Crippen molar-refractivity contribution in [1.29, 1.82) is 0 Å². The van der Waals surface area contributed by atoms with E-state index in [-0.39, 0.29) is 5.28 Å². The van der Waals surface area contributed by atoms with Gasteiger partial charge in [-0.2, -0.15) is 9.97 Å². The van der Waals surface area contributed by atoms with E-state index >= 15 is 0 Å². The molecule has 1 saturated carbocycles. The molecule has 3 unspecified atom stereocenters. The lowest BCUT2D eigenvalue weighted by Gasteiger charge is -2.41. The van der Waals surface area contributed by atoms with Gasteiger partial charge in [-0.15, -0.1) is 0 Å². The van der Waals surface area contributed by atoms with Gasteiger partial charge in [0.1, 0.15) is 5.52 Å². The molecule has 3 rings (SSSR count). The Bertz CT molecular complexity index is 578.